The van der Waals surface area contributed by atoms with Crippen LogP contribution in [0.4, 0.5) is 31.1 Å². The maximum Gasteiger partial charge on any atom is 0.416 e. The van der Waals surface area contributed by atoms with Crippen LogP contribution in [0.1, 0.15) is 43.4 Å². The second-order valence-corrected chi connectivity index (χ2v) is 11.5. The van der Waals surface area contributed by atoms with Crippen molar-refractivity contribution in [1.29, 1.82) is 0 Å². The molecule has 4 N–H and O–H groups in total. The highest BCUT2D eigenvalue weighted by Gasteiger charge is 2.38. The molecule has 2 aliphatic heterocycles. The van der Waals surface area contributed by atoms with E-state index in [0.29, 0.717) is 61.4 Å². The van der Waals surface area contributed by atoms with Gasteiger partial charge in [0.15, 0.2) is 0 Å². The topological polar surface area (TPSA) is 140 Å². The molecule has 1 fully saturated rings. The smallest absolute Gasteiger partial charge is 0.416 e. The molecule has 43 heavy (non-hydrogen) atoms. The fourth-order valence-electron chi connectivity index (χ4n) is 3.96. The normalized spacial score (nSPS) is 18.0. The third kappa shape index (κ3) is 12.0. The van der Waals surface area contributed by atoms with Gasteiger partial charge in [-0.15, -0.1) is 0 Å². The van der Waals surface area contributed by atoms with Crippen LogP contribution in [0.15, 0.2) is 46.3 Å². The lowest BCUT2D eigenvalue weighted by atomic mass is 9.94. The highest BCUT2D eigenvalue weighted by molar-refractivity contribution is 8.18. The molecule has 0 spiro atoms. The zero-order chi connectivity index (χ0) is 32.6. The second-order valence-electron chi connectivity index (χ2n) is 10.5. The Hall–Kier alpha value is -3.37. The summed E-state index contributed by atoms with van der Waals surface area (Å²) in [6.45, 7) is 4.93. The Morgan fingerprint density at radius 2 is 1.63 bits per heavy atom. The molecule has 0 bridgehead atoms. The number of rotatable bonds is 8. The molecule has 0 atom stereocenters. The van der Waals surface area contributed by atoms with Crippen LogP contribution < -0.4 is 5.32 Å². The molecule has 0 saturated carbocycles. The van der Waals surface area contributed by atoms with Gasteiger partial charge in [0.1, 0.15) is 5.84 Å². The minimum Gasteiger partial charge on any atom is -0.478 e. The van der Waals surface area contributed by atoms with E-state index in [9.17, 15) is 45.8 Å². The third-order valence-electron chi connectivity index (χ3n) is 6.32. The molecule has 1 aromatic rings. The number of aliphatic imine (C=N–C) groups is 1. The minimum atomic E-state index is -4.89. The van der Waals surface area contributed by atoms with E-state index >= 15 is 0 Å². The van der Waals surface area contributed by atoms with E-state index in [0.717, 1.165) is 17.8 Å². The van der Waals surface area contributed by atoms with Gasteiger partial charge in [-0.1, -0.05) is 26.0 Å². The van der Waals surface area contributed by atoms with Gasteiger partial charge >= 0.3 is 29.5 Å². The molecule has 0 aliphatic carbocycles. The van der Waals surface area contributed by atoms with Crippen molar-refractivity contribution in [2.75, 3.05) is 26.2 Å². The quantitative estimate of drug-likeness (QED) is 0.217. The number of carboxylic acids is 2. The Kier molecular flexibility index (Phi) is 12.4. The SMILES string of the molecule is CC(C)(CO)CNC1=NC(=O)S/C1=C\C1CCN(Cc2ccc(C(F)(F)F)cc2C(F)(F)F)CC1.O=C(O)/C=C/C(=O)O. The third-order valence-corrected chi connectivity index (χ3v) is 7.14. The number of amidine groups is 1. The van der Waals surface area contributed by atoms with Crippen molar-refractivity contribution in [2.24, 2.45) is 16.3 Å². The molecule has 16 heteroatoms. The number of halogens is 6. The average molecular weight is 640 g/mol. The number of hydrogen-bond acceptors (Lipinski definition) is 7. The molecule has 2 heterocycles. The van der Waals surface area contributed by atoms with Gasteiger partial charge < -0.3 is 20.6 Å². The number of aliphatic hydroxyl groups is 1. The van der Waals surface area contributed by atoms with Crippen molar-refractivity contribution in [3.63, 3.8) is 0 Å². The number of allylic oxidation sites excluding steroid dienone is 1. The van der Waals surface area contributed by atoms with E-state index in [1.165, 1.54) is 0 Å². The number of carbonyl (C=O) groups excluding carboxylic acids is 1. The van der Waals surface area contributed by atoms with Crippen LogP contribution in [0.5, 0.6) is 0 Å². The average Bonchev–Trinajstić information content (AvgIpc) is 3.25. The Bertz CT molecular complexity index is 1250. The number of carboxylic acid groups (broad SMARTS) is 2. The first-order valence-electron chi connectivity index (χ1n) is 12.8. The van der Waals surface area contributed by atoms with E-state index < -0.39 is 40.8 Å². The van der Waals surface area contributed by atoms with E-state index in [1.807, 2.05) is 19.9 Å². The number of likely N-dealkylation sites (tertiary alicyclic amines) is 1. The van der Waals surface area contributed by atoms with Crippen LogP contribution in [0, 0.1) is 11.3 Å². The Labute approximate surface area is 247 Å². The summed E-state index contributed by atoms with van der Waals surface area (Å²) >= 11 is 1.000. The van der Waals surface area contributed by atoms with E-state index in [2.05, 4.69) is 10.3 Å². The molecule has 1 amide bonds. The molecule has 0 unspecified atom stereocenters. The highest BCUT2D eigenvalue weighted by Crippen LogP contribution is 2.38. The predicted molar refractivity (Wildman–Crippen MR) is 146 cm³/mol. The molecule has 0 radical (unpaired) electrons. The summed E-state index contributed by atoms with van der Waals surface area (Å²) in [5.41, 5.74) is -3.18. The number of amides is 1. The molecular weight excluding hydrogens is 608 g/mol. The Balaban J connectivity index is 0.000000708. The maximum atomic E-state index is 13.4. The van der Waals surface area contributed by atoms with Crippen molar-refractivity contribution in [3.05, 3.63) is 58.0 Å². The Morgan fingerprint density at radius 3 is 2.12 bits per heavy atom. The van der Waals surface area contributed by atoms with Crippen LogP contribution in [0.2, 0.25) is 0 Å². The van der Waals surface area contributed by atoms with E-state index in [1.54, 1.807) is 4.90 Å². The second kappa shape index (κ2) is 14.9. The molecule has 9 nitrogen and oxygen atoms in total. The monoisotopic (exact) mass is 639 g/mol. The largest absolute Gasteiger partial charge is 0.478 e. The first-order valence-corrected chi connectivity index (χ1v) is 13.6. The van der Waals surface area contributed by atoms with Crippen molar-refractivity contribution in [3.8, 4) is 0 Å². The van der Waals surface area contributed by atoms with Crippen LogP contribution in [0.3, 0.4) is 0 Å². The molecule has 0 aromatic heterocycles. The van der Waals surface area contributed by atoms with E-state index in [-0.39, 0.29) is 35.9 Å². The number of hydrogen-bond donors (Lipinski definition) is 4. The molecular formula is C27H31F6N3O6S. The zero-order valence-electron chi connectivity index (χ0n) is 23.1. The molecule has 3 rings (SSSR count). The van der Waals surface area contributed by atoms with Gasteiger partial charge in [-0.2, -0.15) is 31.3 Å². The fourth-order valence-corrected chi connectivity index (χ4v) is 4.76. The number of nitrogens with one attached hydrogen (secondary N) is 1. The van der Waals surface area contributed by atoms with Gasteiger partial charge in [-0.25, -0.2) is 9.59 Å². The van der Waals surface area contributed by atoms with Crippen molar-refractivity contribution >= 4 is 34.8 Å². The Morgan fingerprint density at radius 1 is 1.05 bits per heavy atom. The number of aliphatic hydroxyl groups excluding tert-OH is 1. The lowest BCUT2D eigenvalue weighted by molar-refractivity contribution is -0.143. The summed E-state index contributed by atoms with van der Waals surface area (Å²) in [4.78, 5) is 37.4. The first-order chi connectivity index (χ1) is 19.8. The van der Waals surface area contributed by atoms with Crippen molar-refractivity contribution in [2.45, 2.75) is 45.6 Å². The molecule has 1 saturated heterocycles. The maximum absolute atomic E-state index is 13.4. The fraction of sp³-hybridized carbons (Fsp3) is 0.481. The summed E-state index contributed by atoms with van der Waals surface area (Å²) in [6, 6.07) is 1.76. The lowest BCUT2D eigenvalue weighted by Crippen LogP contribution is -2.36. The summed E-state index contributed by atoms with van der Waals surface area (Å²) in [5.74, 6) is -1.99. The van der Waals surface area contributed by atoms with E-state index in [4.69, 9.17) is 10.2 Å². The first kappa shape index (κ1) is 35.8. The van der Waals surface area contributed by atoms with Gasteiger partial charge in [0.25, 0.3) is 0 Å². The summed E-state index contributed by atoms with van der Waals surface area (Å²) < 4.78 is 79.0. The zero-order valence-corrected chi connectivity index (χ0v) is 23.9. The van der Waals surface area contributed by atoms with Gasteiger partial charge in [0.2, 0.25) is 0 Å². The van der Waals surface area contributed by atoms with Gasteiger partial charge in [-0.05, 0) is 61.3 Å². The van der Waals surface area contributed by atoms with Crippen LogP contribution >= 0.6 is 11.8 Å². The molecule has 1 aromatic carbocycles. The van der Waals surface area contributed by atoms with Crippen LogP contribution in [-0.2, 0) is 28.5 Å². The summed E-state index contributed by atoms with van der Waals surface area (Å²) in [7, 11) is 0. The van der Waals surface area contributed by atoms with Crippen LogP contribution in [-0.4, -0.2) is 69.5 Å². The standard InChI is InChI=1S/C23H27F6N3O2S.C4H4O4/c1-21(2,13-33)12-30-19-18(35-20(34)31-19)9-14-5-7-32(8-6-14)11-15-3-4-16(22(24,25)26)10-17(15)23(27,28)29;5-3(6)1-2-4(7)8/h3-4,9-10,14,33H,5-8,11-13H2,1-2H3,(H,30,31,34);1-2H,(H,5,6)(H,7,8)/b18-9-;2-1+. The minimum absolute atomic E-state index is 0.0408. The number of aliphatic carboxylic acids is 2. The number of thioether (sulfide) groups is 1. The summed E-state index contributed by atoms with van der Waals surface area (Å²) in [5, 5.41) is 27.8. The van der Waals surface area contributed by atoms with Gasteiger partial charge in [0, 0.05) is 37.3 Å². The predicted octanol–water partition coefficient (Wildman–Crippen LogP) is 5.41. The number of alkyl halides is 6. The van der Waals surface area contributed by atoms with Gasteiger partial charge in [-0.3, -0.25) is 9.69 Å². The van der Waals surface area contributed by atoms with Crippen molar-refractivity contribution in [1.82, 2.24) is 10.2 Å². The highest BCUT2D eigenvalue weighted by atomic mass is 32.2. The van der Waals surface area contributed by atoms with Crippen LogP contribution in [0.25, 0.3) is 0 Å². The van der Waals surface area contributed by atoms with Gasteiger partial charge in [0.05, 0.1) is 16.0 Å². The molecule has 2 aliphatic rings. The number of piperidine rings is 1. The number of benzene rings is 1. The molecule has 238 valence electrons. The van der Waals surface area contributed by atoms with Crippen molar-refractivity contribution < 1.29 is 56.0 Å². The number of nitrogens with zero attached hydrogens (tertiary/aromatic N) is 2. The lowest BCUT2D eigenvalue weighted by Gasteiger charge is -2.31. The summed E-state index contributed by atoms with van der Waals surface area (Å²) in [6.07, 6.45) is -5.45. The number of carbonyl (C=O) groups is 3.